The maximum absolute atomic E-state index is 3.30. The Labute approximate surface area is 504 Å². The molecular weight excluding hydrogens is 1040 g/mol. The van der Waals surface area contributed by atoms with Crippen LogP contribution in [0.3, 0.4) is 0 Å². The second-order valence-electron chi connectivity index (χ2n) is 23.0. The molecule has 0 N–H and O–H groups in total. The highest BCUT2D eigenvalue weighted by molar-refractivity contribution is 7.19. The number of nitrogens with zero attached hydrogens (tertiary/aromatic N) is 4. The SMILES string of the molecule is Cc1ccc(N(c2ccc(C)cc2)c2ccc([Si](c3ccc(N(c4ccc(C)cc4)c4ccc(C)cc4)cc3)(c3ccc(N(c4ccc(C)cc4)c4ccc(C)cc4)cc3)c3ccc(N(c4ccc(C)cc4)c4ccc(C)cc4)cc3)cc2)cc1. The molecule has 0 atom stereocenters. The van der Waals surface area contributed by atoms with Crippen LogP contribution in [0.5, 0.6) is 0 Å². The molecular formula is C80H72N4Si. The van der Waals surface area contributed by atoms with Crippen molar-refractivity contribution in [3.63, 3.8) is 0 Å². The Balaban J connectivity index is 1.10. The maximum Gasteiger partial charge on any atom is 0.179 e. The van der Waals surface area contributed by atoms with E-state index in [1.807, 2.05) is 0 Å². The quantitative estimate of drug-likeness (QED) is 0.0706. The number of aryl methyl sites for hydroxylation is 8. The number of hydrogen-bond acceptors (Lipinski definition) is 4. The highest BCUT2D eigenvalue weighted by Gasteiger charge is 2.42. The van der Waals surface area contributed by atoms with Gasteiger partial charge in [0.25, 0.3) is 0 Å². The summed E-state index contributed by atoms with van der Waals surface area (Å²) in [5.74, 6) is 0. The standard InChI is InChI=1S/C80H72N4Si/c1-57-9-25-65(26-10-57)81(66-27-11-58(2)12-28-66)73-41-49-77(50-42-73)85(78-51-43-74(44-52-78)82(67-29-13-59(3)14-30-67)68-31-15-60(4)16-32-68,79-53-45-75(46-54-79)83(69-33-17-61(5)18-34-69)70-35-19-62(6)20-36-70)80-55-47-76(48-56-80)84(71-37-21-63(7)22-38-71)72-39-23-64(8)24-40-72/h9-56H,1-8H3. The van der Waals surface area contributed by atoms with Gasteiger partial charge in [-0.15, -0.1) is 0 Å². The van der Waals surface area contributed by atoms with Gasteiger partial charge in [0.05, 0.1) is 0 Å². The molecule has 0 unspecified atom stereocenters. The summed E-state index contributed by atoms with van der Waals surface area (Å²) >= 11 is 0. The lowest BCUT2D eigenvalue weighted by Gasteiger charge is -2.36. The summed E-state index contributed by atoms with van der Waals surface area (Å²) in [5, 5.41) is 5.09. The van der Waals surface area contributed by atoms with Gasteiger partial charge in [0.15, 0.2) is 8.07 Å². The Kier molecular flexibility index (Phi) is 15.8. The summed E-state index contributed by atoms with van der Waals surface area (Å²) in [6.07, 6.45) is 0. The van der Waals surface area contributed by atoms with E-state index in [0.29, 0.717) is 0 Å². The second kappa shape index (κ2) is 24.1. The Morgan fingerprint density at radius 1 is 0.141 bits per heavy atom. The predicted octanol–water partition coefficient (Wildman–Crippen LogP) is 19.4. The summed E-state index contributed by atoms with van der Waals surface area (Å²) in [6, 6.07) is 109. The zero-order chi connectivity index (χ0) is 58.6. The van der Waals surface area contributed by atoms with E-state index in [9.17, 15) is 0 Å². The largest absolute Gasteiger partial charge is 0.311 e. The Morgan fingerprint density at radius 3 is 0.341 bits per heavy atom. The summed E-state index contributed by atoms with van der Waals surface area (Å²) in [6.45, 7) is 17.2. The van der Waals surface area contributed by atoms with Crippen molar-refractivity contribution in [2.24, 2.45) is 0 Å². The molecule has 0 bridgehead atoms. The zero-order valence-electron chi connectivity index (χ0n) is 50.0. The molecule has 0 radical (unpaired) electrons. The van der Waals surface area contributed by atoms with Crippen molar-refractivity contribution < 1.29 is 0 Å². The van der Waals surface area contributed by atoms with E-state index < -0.39 is 8.07 Å². The van der Waals surface area contributed by atoms with Gasteiger partial charge in [-0.2, -0.15) is 0 Å². The molecule has 85 heavy (non-hydrogen) atoms. The van der Waals surface area contributed by atoms with Gasteiger partial charge in [-0.3, -0.25) is 0 Å². The van der Waals surface area contributed by atoms with Gasteiger partial charge < -0.3 is 19.6 Å². The molecule has 5 heteroatoms. The first kappa shape index (κ1) is 55.6. The molecule has 416 valence electrons. The molecule has 0 saturated carbocycles. The van der Waals surface area contributed by atoms with Gasteiger partial charge >= 0.3 is 0 Å². The molecule has 0 aliphatic rings. The molecule has 0 amide bonds. The van der Waals surface area contributed by atoms with E-state index in [1.54, 1.807) is 0 Å². The Morgan fingerprint density at radius 2 is 0.235 bits per heavy atom. The lowest BCUT2D eigenvalue weighted by atomic mass is 10.1. The fraction of sp³-hybridized carbons (Fsp3) is 0.100. The number of benzene rings is 12. The minimum Gasteiger partial charge on any atom is -0.311 e. The first-order valence-electron chi connectivity index (χ1n) is 29.5. The van der Waals surface area contributed by atoms with Gasteiger partial charge in [-0.05, 0) is 222 Å². The van der Waals surface area contributed by atoms with Crippen molar-refractivity contribution in [3.05, 3.63) is 336 Å². The average molecular weight is 1120 g/mol. The van der Waals surface area contributed by atoms with Crippen LogP contribution in [-0.2, 0) is 0 Å². The Bertz CT molecular complexity index is 3420. The van der Waals surface area contributed by atoms with Crippen LogP contribution in [0.2, 0.25) is 0 Å². The predicted molar refractivity (Wildman–Crippen MR) is 367 cm³/mol. The van der Waals surface area contributed by atoms with Gasteiger partial charge in [0.1, 0.15) is 0 Å². The second-order valence-corrected chi connectivity index (χ2v) is 26.8. The van der Waals surface area contributed by atoms with E-state index in [0.717, 1.165) is 68.2 Å². The van der Waals surface area contributed by atoms with Crippen LogP contribution in [0, 0.1) is 55.4 Å². The topological polar surface area (TPSA) is 13.0 Å². The number of hydrogen-bond donors (Lipinski definition) is 0. The monoisotopic (exact) mass is 1120 g/mol. The highest BCUT2D eigenvalue weighted by Crippen LogP contribution is 2.39. The van der Waals surface area contributed by atoms with Crippen molar-refractivity contribution in [1.82, 2.24) is 0 Å². The van der Waals surface area contributed by atoms with Gasteiger partial charge in [-0.25, -0.2) is 0 Å². The van der Waals surface area contributed by atoms with E-state index in [1.165, 1.54) is 65.3 Å². The van der Waals surface area contributed by atoms with Crippen molar-refractivity contribution in [2.45, 2.75) is 55.4 Å². The summed E-state index contributed by atoms with van der Waals surface area (Å²) < 4.78 is 0. The molecule has 4 nitrogen and oxygen atoms in total. The Hall–Kier alpha value is -9.94. The van der Waals surface area contributed by atoms with Crippen LogP contribution in [0.15, 0.2) is 291 Å². The molecule has 12 aromatic carbocycles. The van der Waals surface area contributed by atoms with E-state index >= 15 is 0 Å². The molecule has 0 aliphatic heterocycles. The van der Waals surface area contributed by atoms with Crippen LogP contribution in [-0.4, -0.2) is 8.07 Å². The number of anilines is 12. The summed E-state index contributed by atoms with van der Waals surface area (Å²) in [4.78, 5) is 9.52. The molecule has 12 rings (SSSR count). The van der Waals surface area contributed by atoms with Crippen LogP contribution in [0.4, 0.5) is 68.2 Å². The van der Waals surface area contributed by atoms with Crippen molar-refractivity contribution in [2.75, 3.05) is 19.6 Å². The minimum atomic E-state index is -3.30. The number of rotatable bonds is 16. The van der Waals surface area contributed by atoms with Crippen molar-refractivity contribution in [1.29, 1.82) is 0 Å². The lowest BCUT2D eigenvalue weighted by molar-refractivity contribution is 1.27. The zero-order valence-corrected chi connectivity index (χ0v) is 51.0. The summed E-state index contributed by atoms with van der Waals surface area (Å²) in [5.41, 5.74) is 23.0. The smallest absolute Gasteiger partial charge is 0.179 e. The lowest BCUT2D eigenvalue weighted by Crippen LogP contribution is -2.74. The van der Waals surface area contributed by atoms with Gasteiger partial charge in [0, 0.05) is 68.2 Å². The first-order valence-corrected chi connectivity index (χ1v) is 31.5. The van der Waals surface area contributed by atoms with Crippen LogP contribution >= 0.6 is 0 Å². The third-order valence-electron chi connectivity index (χ3n) is 16.6. The van der Waals surface area contributed by atoms with Crippen LogP contribution in [0.25, 0.3) is 0 Å². The molecule has 0 heterocycles. The van der Waals surface area contributed by atoms with E-state index in [-0.39, 0.29) is 0 Å². The molecule has 0 spiro atoms. The molecule has 0 aromatic heterocycles. The molecule has 0 fully saturated rings. The van der Waals surface area contributed by atoms with Crippen LogP contribution < -0.4 is 40.3 Å². The highest BCUT2D eigenvalue weighted by atomic mass is 28.3. The third kappa shape index (κ3) is 11.6. The average Bonchev–Trinajstić information content (AvgIpc) is 1.28. The van der Waals surface area contributed by atoms with Gasteiger partial charge in [0.2, 0.25) is 0 Å². The van der Waals surface area contributed by atoms with Gasteiger partial charge in [-0.1, -0.05) is 190 Å². The van der Waals surface area contributed by atoms with E-state index in [2.05, 4.69) is 366 Å². The maximum atomic E-state index is 2.42. The van der Waals surface area contributed by atoms with Crippen LogP contribution in [0.1, 0.15) is 44.5 Å². The molecule has 0 aliphatic carbocycles. The molecule has 0 saturated heterocycles. The fourth-order valence-corrected chi connectivity index (χ4v) is 16.4. The van der Waals surface area contributed by atoms with E-state index in [4.69, 9.17) is 0 Å². The first-order chi connectivity index (χ1) is 41.4. The summed E-state index contributed by atoms with van der Waals surface area (Å²) in [7, 11) is -3.30. The fourth-order valence-electron chi connectivity index (χ4n) is 11.8. The van der Waals surface area contributed by atoms with Crippen molar-refractivity contribution in [3.8, 4) is 0 Å². The normalized spacial score (nSPS) is 11.3. The minimum absolute atomic E-state index is 1.09. The third-order valence-corrected chi connectivity index (χ3v) is 21.4. The molecule has 12 aromatic rings. The van der Waals surface area contributed by atoms with Crippen molar-refractivity contribution >= 4 is 97.1 Å².